The van der Waals surface area contributed by atoms with E-state index in [1.807, 2.05) is 14.0 Å². The van der Waals surface area contributed by atoms with Gasteiger partial charge in [-0.2, -0.15) is 0 Å². The van der Waals surface area contributed by atoms with E-state index in [0.29, 0.717) is 11.3 Å². The van der Waals surface area contributed by atoms with Gasteiger partial charge in [-0.15, -0.1) is 0 Å². The molecule has 3 aliphatic carbocycles. The van der Waals surface area contributed by atoms with Crippen LogP contribution in [0.5, 0.6) is 0 Å². The van der Waals surface area contributed by atoms with Crippen LogP contribution >= 0.6 is 0 Å². The summed E-state index contributed by atoms with van der Waals surface area (Å²) in [7, 11) is 1.83. The molecule has 0 amide bonds. The highest BCUT2D eigenvalue weighted by Crippen LogP contribution is 2.76. The molecule has 1 spiro atoms. The van der Waals surface area contributed by atoms with Crippen molar-refractivity contribution >= 4 is 5.97 Å². The maximum atomic E-state index is 12.4. The highest BCUT2D eigenvalue weighted by molar-refractivity contribution is 5.78. The van der Waals surface area contributed by atoms with Crippen molar-refractivity contribution in [3.05, 3.63) is 0 Å². The second-order valence-corrected chi connectivity index (χ2v) is 6.77. The minimum atomic E-state index is -0.165. The Balaban J connectivity index is 1.76. The Morgan fingerprint density at radius 3 is 2.82 bits per heavy atom. The van der Waals surface area contributed by atoms with Crippen molar-refractivity contribution in [2.45, 2.75) is 52.2 Å². The fraction of sp³-hybridized carbons (Fsp3) is 0.929. The number of nitrogens with one attached hydrogen (secondary N) is 1. The average molecular weight is 237 g/mol. The Bertz CT molecular complexity index is 352. The van der Waals surface area contributed by atoms with Crippen LogP contribution in [0.1, 0.15) is 46.0 Å². The molecule has 3 fully saturated rings. The first kappa shape index (κ1) is 11.5. The number of hydrogen-bond donors (Lipinski definition) is 1. The van der Waals surface area contributed by atoms with Crippen molar-refractivity contribution in [1.29, 1.82) is 0 Å². The van der Waals surface area contributed by atoms with E-state index in [2.05, 4.69) is 12.2 Å². The van der Waals surface area contributed by atoms with Crippen LogP contribution in [0.2, 0.25) is 0 Å². The molecule has 0 saturated heterocycles. The first-order chi connectivity index (χ1) is 8.00. The molecule has 0 aromatic carbocycles. The van der Waals surface area contributed by atoms with Gasteiger partial charge in [-0.1, -0.05) is 6.92 Å². The normalized spacial score (nSPS) is 48.4. The van der Waals surface area contributed by atoms with E-state index in [-0.39, 0.29) is 17.6 Å². The zero-order valence-corrected chi connectivity index (χ0v) is 11.1. The molecule has 0 aliphatic heterocycles. The second kappa shape index (κ2) is 3.47. The maximum absolute atomic E-state index is 12.4. The molecule has 0 radical (unpaired) electrons. The number of rotatable bonds is 3. The van der Waals surface area contributed by atoms with Crippen LogP contribution in [-0.2, 0) is 9.53 Å². The lowest BCUT2D eigenvalue weighted by Crippen LogP contribution is -2.41. The van der Waals surface area contributed by atoms with E-state index in [0.717, 1.165) is 25.2 Å². The fourth-order valence-corrected chi connectivity index (χ4v) is 4.65. The lowest BCUT2D eigenvalue weighted by atomic mass is 9.67. The molecular formula is C14H23NO2. The fourth-order valence-electron chi connectivity index (χ4n) is 4.65. The number of esters is 1. The van der Waals surface area contributed by atoms with Crippen LogP contribution in [0.25, 0.3) is 0 Å². The van der Waals surface area contributed by atoms with E-state index >= 15 is 0 Å². The summed E-state index contributed by atoms with van der Waals surface area (Å²) in [5.41, 5.74) is 0.408. The lowest BCUT2D eigenvalue weighted by molar-refractivity contribution is -0.165. The summed E-state index contributed by atoms with van der Waals surface area (Å²) in [6.07, 6.45) is 5.78. The summed E-state index contributed by atoms with van der Waals surface area (Å²) < 4.78 is 5.52. The Kier molecular flexibility index (Phi) is 2.35. The number of carbonyl (C=O) groups excluding carboxylic acids is 1. The number of fused-ring (bicyclic) bond motifs is 1. The van der Waals surface area contributed by atoms with Crippen molar-refractivity contribution in [1.82, 2.24) is 5.32 Å². The highest BCUT2D eigenvalue weighted by atomic mass is 16.6. The monoisotopic (exact) mass is 237 g/mol. The summed E-state index contributed by atoms with van der Waals surface area (Å²) in [6, 6.07) is 0. The number of hydrogen-bond acceptors (Lipinski definition) is 3. The summed E-state index contributed by atoms with van der Waals surface area (Å²) >= 11 is 0. The predicted octanol–water partition coefficient (Wildman–Crippen LogP) is 2.31. The molecule has 3 heteroatoms. The average Bonchev–Trinajstić information content (AvgIpc) is 2.80. The van der Waals surface area contributed by atoms with E-state index in [1.54, 1.807) is 0 Å². The molecule has 3 aliphatic rings. The van der Waals surface area contributed by atoms with Crippen LogP contribution in [0.3, 0.4) is 0 Å². The molecule has 0 aromatic heterocycles. The van der Waals surface area contributed by atoms with E-state index in [9.17, 15) is 4.79 Å². The molecule has 5 atom stereocenters. The molecule has 3 nitrogen and oxygen atoms in total. The molecule has 1 N–H and O–H groups in total. The van der Waals surface area contributed by atoms with Crippen molar-refractivity contribution in [3.63, 3.8) is 0 Å². The topological polar surface area (TPSA) is 38.3 Å². The Morgan fingerprint density at radius 1 is 1.35 bits per heavy atom. The summed E-state index contributed by atoms with van der Waals surface area (Å²) in [5, 5.41) is 2.98. The van der Waals surface area contributed by atoms with Gasteiger partial charge >= 0.3 is 5.97 Å². The minimum Gasteiger partial charge on any atom is -0.446 e. The van der Waals surface area contributed by atoms with Crippen LogP contribution in [-0.4, -0.2) is 19.2 Å². The van der Waals surface area contributed by atoms with Gasteiger partial charge in [0.15, 0.2) is 0 Å². The van der Waals surface area contributed by atoms with Crippen LogP contribution in [0, 0.1) is 22.7 Å². The van der Waals surface area contributed by atoms with Crippen LogP contribution < -0.4 is 5.32 Å². The Morgan fingerprint density at radius 2 is 2.12 bits per heavy atom. The molecule has 5 unspecified atom stereocenters. The van der Waals surface area contributed by atoms with Crippen molar-refractivity contribution in [3.8, 4) is 0 Å². The zero-order chi connectivity index (χ0) is 12.3. The molecule has 17 heavy (non-hydrogen) atoms. The lowest BCUT2D eigenvalue weighted by Gasteiger charge is -2.38. The molecule has 0 aromatic rings. The third-order valence-electron chi connectivity index (χ3n) is 5.30. The van der Waals surface area contributed by atoms with E-state index in [4.69, 9.17) is 4.74 Å². The van der Waals surface area contributed by atoms with Crippen molar-refractivity contribution in [2.24, 2.45) is 22.7 Å². The van der Waals surface area contributed by atoms with Crippen LogP contribution in [0.15, 0.2) is 0 Å². The standard InChI is InChI=1S/C14H23NO2/c1-9-4-13-6-11(13)7-14(5-9,8-13)12(16)17-10(2)15-3/h9-11,15H,4-8H2,1-3H3. The first-order valence-electron chi connectivity index (χ1n) is 6.88. The summed E-state index contributed by atoms with van der Waals surface area (Å²) in [5.74, 6) is 1.57. The third-order valence-corrected chi connectivity index (χ3v) is 5.30. The minimum absolute atomic E-state index is 0.0532. The first-order valence-corrected chi connectivity index (χ1v) is 6.88. The van der Waals surface area contributed by atoms with Gasteiger partial charge in [-0.25, -0.2) is 0 Å². The van der Waals surface area contributed by atoms with Gasteiger partial charge in [0.2, 0.25) is 0 Å². The summed E-state index contributed by atoms with van der Waals surface area (Å²) in [4.78, 5) is 12.4. The largest absolute Gasteiger partial charge is 0.446 e. The van der Waals surface area contributed by atoms with Crippen LogP contribution in [0.4, 0.5) is 0 Å². The molecule has 0 heterocycles. The second-order valence-electron chi connectivity index (χ2n) is 6.77. The zero-order valence-electron chi connectivity index (χ0n) is 11.1. The predicted molar refractivity (Wildman–Crippen MR) is 65.2 cm³/mol. The third kappa shape index (κ3) is 1.62. The quantitative estimate of drug-likeness (QED) is 0.604. The van der Waals surface area contributed by atoms with Gasteiger partial charge in [-0.3, -0.25) is 10.1 Å². The van der Waals surface area contributed by atoms with Gasteiger partial charge < -0.3 is 4.74 Å². The van der Waals surface area contributed by atoms with Gasteiger partial charge in [0.25, 0.3) is 0 Å². The molecular weight excluding hydrogens is 214 g/mol. The van der Waals surface area contributed by atoms with Gasteiger partial charge in [0.1, 0.15) is 6.23 Å². The molecule has 96 valence electrons. The van der Waals surface area contributed by atoms with E-state index in [1.165, 1.54) is 12.8 Å². The molecule has 3 saturated carbocycles. The van der Waals surface area contributed by atoms with E-state index < -0.39 is 0 Å². The summed E-state index contributed by atoms with van der Waals surface area (Å²) in [6.45, 7) is 4.19. The number of ether oxygens (including phenoxy) is 1. The van der Waals surface area contributed by atoms with Crippen molar-refractivity contribution < 1.29 is 9.53 Å². The molecule has 2 bridgehead atoms. The molecule has 3 rings (SSSR count). The van der Waals surface area contributed by atoms with Crippen molar-refractivity contribution in [2.75, 3.05) is 7.05 Å². The van der Waals surface area contributed by atoms with Gasteiger partial charge in [-0.05, 0) is 63.3 Å². The number of carbonyl (C=O) groups is 1. The smallest absolute Gasteiger partial charge is 0.313 e. The maximum Gasteiger partial charge on any atom is 0.313 e. The Labute approximate surface area is 103 Å². The SMILES string of the molecule is CNC(C)OC(=O)C12CC(C)CC3(CC3C1)C2. The Hall–Kier alpha value is -0.570. The van der Waals surface area contributed by atoms with Gasteiger partial charge in [0, 0.05) is 0 Å². The van der Waals surface area contributed by atoms with Gasteiger partial charge in [0.05, 0.1) is 5.41 Å². The highest BCUT2D eigenvalue weighted by Gasteiger charge is 2.70.